The summed E-state index contributed by atoms with van der Waals surface area (Å²) in [5.41, 5.74) is 0.653. The Labute approximate surface area is 117 Å². The minimum atomic E-state index is 0.0618. The van der Waals surface area contributed by atoms with E-state index in [-0.39, 0.29) is 6.29 Å². The molecule has 0 aromatic rings. The van der Waals surface area contributed by atoms with Gasteiger partial charge in [-0.1, -0.05) is 51.9 Å². The molecular weight excluding hydrogens is 240 g/mol. The van der Waals surface area contributed by atoms with Crippen molar-refractivity contribution < 1.29 is 9.47 Å². The van der Waals surface area contributed by atoms with Crippen LogP contribution in [0.1, 0.15) is 72.1 Å². The van der Waals surface area contributed by atoms with Crippen molar-refractivity contribution in [1.29, 1.82) is 0 Å². The molecule has 0 spiro atoms. The third-order valence-corrected chi connectivity index (χ3v) is 4.51. The van der Waals surface area contributed by atoms with Crippen LogP contribution < -0.4 is 0 Å². The average molecular weight is 275 g/mol. The number of rotatable bonds is 13. The molecule has 1 atom stereocenters. The molecule has 0 saturated heterocycles. The first-order chi connectivity index (χ1) is 8.76. The van der Waals surface area contributed by atoms with Crippen molar-refractivity contribution in [2.45, 2.75) is 84.0 Å². The van der Waals surface area contributed by atoms with Gasteiger partial charge in [-0.05, 0) is 25.8 Å². The van der Waals surface area contributed by atoms with E-state index in [9.17, 15) is 0 Å². The molecule has 0 aromatic heterocycles. The molecule has 0 heterocycles. The lowest BCUT2D eigenvalue weighted by Gasteiger charge is -2.23. The molecule has 0 bridgehead atoms. The highest BCUT2D eigenvalue weighted by atomic mass is 28.1. The number of hydrogen-bond acceptors (Lipinski definition) is 2. The SMILES string of the molecule is CCCCCCCCCC([SiH3])C(OCC)OCC. The Bertz CT molecular complexity index is 159. The van der Waals surface area contributed by atoms with Crippen LogP contribution in [0.5, 0.6) is 0 Å². The molecule has 0 amide bonds. The van der Waals surface area contributed by atoms with E-state index in [0.717, 1.165) is 13.2 Å². The Morgan fingerprint density at radius 3 is 1.78 bits per heavy atom. The molecule has 3 heteroatoms. The van der Waals surface area contributed by atoms with Gasteiger partial charge in [-0.25, -0.2) is 0 Å². The Kier molecular flexibility index (Phi) is 13.7. The second kappa shape index (κ2) is 13.6. The maximum Gasteiger partial charge on any atom is 0.157 e. The molecule has 0 fully saturated rings. The van der Waals surface area contributed by atoms with Crippen molar-refractivity contribution in [3.8, 4) is 0 Å². The Hall–Kier alpha value is 0.137. The van der Waals surface area contributed by atoms with Crippen LogP contribution >= 0.6 is 0 Å². The Morgan fingerprint density at radius 1 is 0.778 bits per heavy atom. The fraction of sp³-hybridized carbons (Fsp3) is 1.00. The number of unbranched alkanes of at least 4 members (excludes halogenated alkanes) is 6. The van der Waals surface area contributed by atoms with Crippen molar-refractivity contribution in [3.63, 3.8) is 0 Å². The molecule has 0 aliphatic heterocycles. The molecule has 0 aliphatic rings. The van der Waals surface area contributed by atoms with Crippen LogP contribution in [0.4, 0.5) is 0 Å². The molecule has 0 radical (unpaired) electrons. The molecule has 0 rings (SSSR count). The van der Waals surface area contributed by atoms with E-state index < -0.39 is 0 Å². The largest absolute Gasteiger partial charge is 0.353 e. The van der Waals surface area contributed by atoms with E-state index >= 15 is 0 Å². The van der Waals surface area contributed by atoms with E-state index in [1.165, 1.54) is 61.6 Å². The molecule has 0 N–H and O–H groups in total. The minimum Gasteiger partial charge on any atom is -0.353 e. The van der Waals surface area contributed by atoms with E-state index in [0.29, 0.717) is 5.54 Å². The summed E-state index contributed by atoms with van der Waals surface area (Å²) in [4.78, 5) is 0. The third-order valence-electron chi connectivity index (χ3n) is 3.39. The molecular formula is C15H34O2Si. The van der Waals surface area contributed by atoms with Gasteiger partial charge in [-0.15, -0.1) is 0 Å². The minimum absolute atomic E-state index is 0.0618. The lowest BCUT2D eigenvalue weighted by atomic mass is 10.1. The average Bonchev–Trinajstić information content (AvgIpc) is 2.37. The summed E-state index contributed by atoms with van der Waals surface area (Å²) in [7, 11) is 1.17. The van der Waals surface area contributed by atoms with Gasteiger partial charge in [-0.2, -0.15) is 0 Å². The van der Waals surface area contributed by atoms with Crippen molar-refractivity contribution in [1.82, 2.24) is 0 Å². The van der Waals surface area contributed by atoms with E-state index in [1.54, 1.807) is 0 Å². The summed E-state index contributed by atoms with van der Waals surface area (Å²) in [6.07, 6.45) is 11.1. The van der Waals surface area contributed by atoms with Crippen LogP contribution in [0.15, 0.2) is 0 Å². The summed E-state index contributed by atoms with van der Waals surface area (Å²) in [5, 5.41) is 0. The second-order valence-corrected chi connectivity index (χ2v) is 6.65. The van der Waals surface area contributed by atoms with Gasteiger partial charge >= 0.3 is 0 Å². The number of hydrogen-bond donors (Lipinski definition) is 0. The quantitative estimate of drug-likeness (QED) is 0.290. The zero-order chi connectivity index (χ0) is 13.6. The van der Waals surface area contributed by atoms with E-state index in [1.807, 2.05) is 13.8 Å². The van der Waals surface area contributed by atoms with Gasteiger partial charge < -0.3 is 9.47 Å². The van der Waals surface area contributed by atoms with Crippen molar-refractivity contribution in [2.24, 2.45) is 0 Å². The first-order valence-electron chi connectivity index (χ1n) is 7.99. The first-order valence-corrected chi connectivity index (χ1v) is 9.14. The van der Waals surface area contributed by atoms with Gasteiger partial charge in [0.1, 0.15) is 0 Å². The fourth-order valence-electron chi connectivity index (χ4n) is 2.26. The standard InChI is InChI=1S/C15H34O2Si/c1-4-7-8-9-10-11-12-13-14(18)15(16-5-2)17-6-3/h14-15H,4-13H2,1-3,18H3. The van der Waals surface area contributed by atoms with Gasteiger partial charge in [-0.3, -0.25) is 0 Å². The van der Waals surface area contributed by atoms with Gasteiger partial charge in [0.2, 0.25) is 0 Å². The fourth-order valence-corrected chi connectivity index (χ4v) is 3.06. The first kappa shape index (κ1) is 18.1. The number of ether oxygens (including phenoxy) is 2. The maximum absolute atomic E-state index is 5.67. The maximum atomic E-state index is 5.67. The van der Waals surface area contributed by atoms with Crippen LogP contribution in [0.2, 0.25) is 5.54 Å². The molecule has 0 aliphatic carbocycles. The monoisotopic (exact) mass is 274 g/mol. The Morgan fingerprint density at radius 2 is 1.28 bits per heavy atom. The molecule has 0 aromatic carbocycles. The highest BCUT2D eigenvalue weighted by molar-refractivity contribution is 6.11. The summed E-state index contributed by atoms with van der Waals surface area (Å²) in [6.45, 7) is 7.90. The topological polar surface area (TPSA) is 18.5 Å². The van der Waals surface area contributed by atoms with E-state index in [2.05, 4.69) is 6.92 Å². The van der Waals surface area contributed by atoms with Crippen LogP contribution in [-0.2, 0) is 9.47 Å². The van der Waals surface area contributed by atoms with Gasteiger partial charge in [0.15, 0.2) is 6.29 Å². The van der Waals surface area contributed by atoms with Crippen molar-refractivity contribution in [2.75, 3.05) is 13.2 Å². The highest BCUT2D eigenvalue weighted by Gasteiger charge is 2.16. The van der Waals surface area contributed by atoms with Crippen LogP contribution in [-0.4, -0.2) is 29.7 Å². The zero-order valence-electron chi connectivity index (χ0n) is 13.0. The molecule has 110 valence electrons. The van der Waals surface area contributed by atoms with Crippen molar-refractivity contribution in [3.05, 3.63) is 0 Å². The smallest absolute Gasteiger partial charge is 0.157 e. The molecule has 2 nitrogen and oxygen atoms in total. The Balaban J connectivity index is 3.51. The second-order valence-electron chi connectivity index (χ2n) is 5.17. The predicted molar refractivity (Wildman–Crippen MR) is 83.3 cm³/mol. The van der Waals surface area contributed by atoms with Crippen LogP contribution in [0, 0.1) is 0 Å². The highest BCUT2D eigenvalue weighted by Crippen LogP contribution is 2.20. The summed E-state index contributed by atoms with van der Waals surface area (Å²) < 4.78 is 11.3. The van der Waals surface area contributed by atoms with Gasteiger partial charge in [0.25, 0.3) is 0 Å². The van der Waals surface area contributed by atoms with Crippen LogP contribution in [0.25, 0.3) is 0 Å². The summed E-state index contributed by atoms with van der Waals surface area (Å²) in [5.74, 6) is 0. The van der Waals surface area contributed by atoms with Gasteiger partial charge in [0, 0.05) is 23.5 Å². The van der Waals surface area contributed by atoms with E-state index in [4.69, 9.17) is 9.47 Å². The summed E-state index contributed by atoms with van der Waals surface area (Å²) in [6, 6.07) is 0. The lowest BCUT2D eigenvalue weighted by molar-refractivity contribution is -0.139. The van der Waals surface area contributed by atoms with Gasteiger partial charge in [0.05, 0.1) is 0 Å². The normalized spacial score (nSPS) is 13.3. The molecule has 0 saturated carbocycles. The summed E-state index contributed by atoms with van der Waals surface area (Å²) >= 11 is 0. The molecule has 18 heavy (non-hydrogen) atoms. The van der Waals surface area contributed by atoms with Crippen LogP contribution in [0.3, 0.4) is 0 Å². The molecule has 1 unspecified atom stereocenters. The lowest BCUT2D eigenvalue weighted by Crippen LogP contribution is -2.23. The third kappa shape index (κ3) is 10.1. The predicted octanol–water partition coefficient (Wildman–Crippen LogP) is 3.68. The van der Waals surface area contributed by atoms with Crippen molar-refractivity contribution >= 4 is 10.2 Å². The zero-order valence-corrected chi connectivity index (χ0v) is 15.0.